The number of rotatable bonds is 4. The predicted molar refractivity (Wildman–Crippen MR) is 187 cm³/mol. The largest absolute Gasteiger partial charge is 0.437 e. The SMILES string of the molecule is C=Cc1c(/C=C\C)sc2c3ccccc3c3c4ccccc4n(-c4nc(-c5ccccc5)nc5oc6ccccc6c45)c3c12. The van der Waals surface area contributed by atoms with E-state index in [0.29, 0.717) is 11.5 Å². The first kappa shape index (κ1) is 25.0. The van der Waals surface area contributed by atoms with E-state index in [0.717, 1.165) is 44.3 Å². The maximum absolute atomic E-state index is 6.43. The molecule has 0 unspecified atom stereocenters. The Balaban J connectivity index is 1.59. The van der Waals surface area contributed by atoms with E-state index in [-0.39, 0.29) is 0 Å². The van der Waals surface area contributed by atoms with Crippen LogP contribution >= 0.6 is 11.3 Å². The summed E-state index contributed by atoms with van der Waals surface area (Å²) in [6.45, 7) is 6.36. The summed E-state index contributed by atoms with van der Waals surface area (Å²) >= 11 is 1.82. The molecule has 0 amide bonds. The Morgan fingerprint density at radius 2 is 1.43 bits per heavy atom. The molecule has 0 radical (unpaired) electrons. The fourth-order valence-electron chi connectivity index (χ4n) is 6.72. The third-order valence-corrected chi connectivity index (χ3v) is 9.72. The van der Waals surface area contributed by atoms with Gasteiger partial charge in [0.15, 0.2) is 11.6 Å². The zero-order valence-electron chi connectivity index (χ0n) is 23.9. The molecule has 5 aromatic carbocycles. The number of nitrogens with zero attached hydrogens (tertiary/aromatic N) is 3. The topological polar surface area (TPSA) is 43.9 Å². The summed E-state index contributed by atoms with van der Waals surface area (Å²) in [4.78, 5) is 11.5. The van der Waals surface area contributed by atoms with Crippen LogP contribution in [-0.2, 0) is 0 Å². The number of allylic oxidation sites excluding steroid dienone is 1. The number of benzene rings is 5. The molecule has 44 heavy (non-hydrogen) atoms. The van der Waals surface area contributed by atoms with Crippen LogP contribution in [0.3, 0.4) is 0 Å². The number of hydrogen-bond donors (Lipinski definition) is 0. The summed E-state index contributed by atoms with van der Waals surface area (Å²) in [5, 5.41) is 7.92. The van der Waals surface area contributed by atoms with Crippen LogP contribution in [0.15, 0.2) is 120 Å². The van der Waals surface area contributed by atoms with Gasteiger partial charge in [-0.3, -0.25) is 4.57 Å². The van der Waals surface area contributed by atoms with E-state index in [2.05, 4.69) is 84.8 Å². The Morgan fingerprint density at radius 3 is 2.23 bits per heavy atom. The van der Waals surface area contributed by atoms with Gasteiger partial charge < -0.3 is 4.42 Å². The van der Waals surface area contributed by atoms with Crippen molar-refractivity contribution in [2.24, 2.45) is 0 Å². The number of para-hydroxylation sites is 2. The average molecular weight is 584 g/mol. The van der Waals surface area contributed by atoms with Crippen LogP contribution in [0.2, 0.25) is 0 Å². The number of aromatic nitrogens is 3. The van der Waals surface area contributed by atoms with Gasteiger partial charge in [-0.15, -0.1) is 11.3 Å². The summed E-state index contributed by atoms with van der Waals surface area (Å²) in [6.07, 6.45) is 6.29. The summed E-state index contributed by atoms with van der Waals surface area (Å²) < 4.78 is 10.0. The second-order valence-electron chi connectivity index (χ2n) is 10.9. The number of hydrogen-bond acceptors (Lipinski definition) is 4. The normalized spacial score (nSPS) is 12.2. The highest BCUT2D eigenvalue weighted by Crippen LogP contribution is 2.48. The maximum Gasteiger partial charge on any atom is 0.233 e. The minimum absolute atomic E-state index is 0.571. The molecule has 0 saturated heterocycles. The van der Waals surface area contributed by atoms with Crippen LogP contribution in [0.1, 0.15) is 17.4 Å². The van der Waals surface area contributed by atoms with Gasteiger partial charge in [-0.05, 0) is 30.5 Å². The van der Waals surface area contributed by atoms with Crippen molar-refractivity contribution in [3.8, 4) is 17.2 Å². The van der Waals surface area contributed by atoms with Crippen molar-refractivity contribution in [2.45, 2.75) is 6.92 Å². The monoisotopic (exact) mass is 583 g/mol. The quantitative estimate of drug-likeness (QED) is 0.207. The second kappa shape index (κ2) is 9.49. The summed E-state index contributed by atoms with van der Waals surface area (Å²) in [5.74, 6) is 1.43. The van der Waals surface area contributed by atoms with Crippen molar-refractivity contribution in [1.29, 1.82) is 0 Å². The Kier molecular flexibility index (Phi) is 5.40. The molecule has 0 aliphatic heterocycles. The van der Waals surface area contributed by atoms with Crippen molar-refractivity contribution in [3.63, 3.8) is 0 Å². The van der Waals surface area contributed by atoms with Gasteiger partial charge in [0.2, 0.25) is 5.71 Å². The third kappa shape index (κ3) is 3.38. The Labute approximate surface area is 256 Å². The fraction of sp³-hybridized carbons (Fsp3) is 0.0256. The molecule has 4 nitrogen and oxygen atoms in total. The molecule has 0 aliphatic rings. The minimum Gasteiger partial charge on any atom is -0.437 e. The fourth-order valence-corrected chi connectivity index (χ4v) is 8.03. The molecule has 4 aromatic heterocycles. The molecule has 0 bridgehead atoms. The molecule has 0 saturated carbocycles. The number of thiophene rings is 1. The van der Waals surface area contributed by atoms with E-state index >= 15 is 0 Å². The first-order valence-electron chi connectivity index (χ1n) is 14.7. The van der Waals surface area contributed by atoms with Crippen LogP contribution in [0.25, 0.3) is 94.1 Å². The Hall–Kier alpha value is -5.52. The van der Waals surface area contributed by atoms with E-state index in [4.69, 9.17) is 14.4 Å². The highest BCUT2D eigenvalue weighted by Gasteiger charge is 2.26. The van der Waals surface area contributed by atoms with Crippen molar-refractivity contribution < 1.29 is 4.42 Å². The van der Waals surface area contributed by atoms with Crippen LogP contribution in [0.5, 0.6) is 0 Å². The summed E-state index contributed by atoms with van der Waals surface area (Å²) in [5.41, 5.74) is 5.63. The second-order valence-corrected chi connectivity index (χ2v) is 12.0. The lowest BCUT2D eigenvalue weighted by molar-refractivity contribution is 0.653. The smallest absolute Gasteiger partial charge is 0.233 e. The minimum atomic E-state index is 0.571. The molecule has 0 spiro atoms. The molecule has 208 valence electrons. The van der Waals surface area contributed by atoms with Crippen molar-refractivity contribution in [3.05, 3.63) is 126 Å². The van der Waals surface area contributed by atoms with Crippen LogP contribution in [0, 0.1) is 0 Å². The standard InChI is InChI=1S/C39H25N3OS/c1-3-14-31-24(4-2)33-35-32(25-17-8-9-18-26(25)36(33)44-31)27-19-10-12-21-29(27)42(35)38-34-28-20-11-13-22-30(28)43-39(34)41-37(40-38)23-15-6-5-7-16-23/h3-22H,2H2,1H3/b14-3-. The molecule has 9 aromatic rings. The van der Waals surface area contributed by atoms with E-state index in [9.17, 15) is 0 Å². The van der Waals surface area contributed by atoms with E-state index in [1.54, 1.807) is 0 Å². The molecule has 9 rings (SSSR count). The van der Waals surface area contributed by atoms with E-state index < -0.39 is 0 Å². The van der Waals surface area contributed by atoms with Gasteiger partial charge in [-0.25, -0.2) is 4.98 Å². The van der Waals surface area contributed by atoms with E-state index in [1.165, 1.54) is 36.5 Å². The first-order valence-corrected chi connectivity index (χ1v) is 15.5. The zero-order chi connectivity index (χ0) is 29.4. The summed E-state index contributed by atoms with van der Waals surface area (Å²) in [6, 6.07) is 35.7. The maximum atomic E-state index is 6.43. The van der Waals surface area contributed by atoms with Crippen molar-refractivity contribution >= 4 is 88.2 Å². The number of fused-ring (bicyclic) bond motifs is 11. The molecule has 4 heterocycles. The van der Waals surface area contributed by atoms with E-state index in [1.807, 2.05) is 65.9 Å². The van der Waals surface area contributed by atoms with Crippen LogP contribution < -0.4 is 0 Å². The van der Waals surface area contributed by atoms with Crippen molar-refractivity contribution in [2.75, 3.05) is 0 Å². The average Bonchev–Trinajstić information content (AvgIpc) is 3.74. The Bertz CT molecular complexity index is 2640. The van der Waals surface area contributed by atoms with Gasteiger partial charge in [-0.1, -0.05) is 110 Å². The third-order valence-electron chi connectivity index (χ3n) is 8.51. The lowest BCUT2D eigenvalue weighted by Gasteiger charge is -2.12. The summed E-state index contributed by atoms with van der Waals surface area (Å²) in [7, 11) is 0. The van der Waals surface area contributed by atoms with Gasteiger partial charge in [0.1, 0.15) is 5.58 Å². The van der Waals surface area contributed by atoms with Crippen LogP contribution in [-0.4, -0.2) is 14.5 Å². The van der Waals surface area contributed by atoms with Crippen LogP contribution in [0.4, 0.5) is 0 Å². The van der Waals surface area contributed by atoms with Gasteiger partial charge in [-0.2, -0.15) is 4.98 Å². The first-order chi connectivity index (χ1) is 21.8. The predicted octanol–water partition coefficient (Wildman–Crippen LogP) is 11.2. The molecular formula is C39H25N3OS. The Morgan fingerprint density at radius 1 is 0.727 bits per heavy atom. The lowest BCUT2D eigenvalue weighted by Crippen LogP contribution is -2.02. The molecule has 0 aliphatic carbocycles. The molecule has 0 N–H and O–H groups in total. The lowest BCUT2D eigenvalue weighted by atomic mass is 9.99. The van der Waals surface area contributed by atoms with Gasteiger partial charge in [0.25, 0.3) is 0 Å². The van der Waals surface area contributed by atoms with Crippen molar-refractivity contribution in [1.82, 2.24) is 14.5 Å². The number of furan rings is 1. The molecule has 0 atom stereocenters. The van der Waals surface area contributed by atoms with Gasteiger partial charge >= 0.3 is 0 Å². The van der Waals surface area contributed by atoms with Gasteiger partial charge in [0.05, 0.1) is 16.4 Å². The highest BCUT2D eigenvalue weighted by atomic mass is 32.1. The van der Waals surface area contributed by atoms with Gasteiger partial charge in [0, 0.05) is 47.6 Å². The molecular weight excluding hydrogens is 559 g/mol. The zero-order valence-corrected chi connectivity index (χ0v) is 24.7. The molecule has 5 heteroatoms. The highest BCUT2D eigenvalue weighted by molar-refractivity contribution is 7.21. The molecule has 0 fully saturated rings.